The van der Waals surface area contributed by atoms with E-state index in [1.165, 1.54) is 56.1 Å². The zero-order valence-electron chi connectivity index (χ0n) is 17.5. The van der Waals surface area contributed by atoms with E-state index in [1.54, 1.807) is 0 Å². The molecule has 0 aliphatic heterocycles. The van der Waals surface area contributed by atoms with Gasteiger partial charge in [-0.05, 0) is 31.0 Å². The lowest BCUT2D eigenvalue weighted by Crippen LogP contribution is -2.39. The predicted octanol–water partition coefficient (Wildman–Crippen LogP) is 1.63. The molecule has 30 heavy (non-hydrogen) atoms. The van der Waals surface area contributed by atoms with Gasteiger partial charge in [-0.3, -0.25) is 14.4 Å². The first-order chi connectivity index (χ1) is 14.2. The lowest BCUT2D eigenvalue weighted by atomic mass is 9.97. The van der Waals surface area contributed by atoms with Crippen LogP contribution in [0.5, 0.6) is 0 Å². The zero-order valence-corrected chi connectivity index (χ0v) is 18.3. The van der Waals surface area contributed by atoms with Crippen molar-refractivity contribution in [3.05, 3.63) is 38.9 Å². The molecule has 3 rings (SSSR count). The summed E-state index contributed by atoms with van der Waals surface area (Å²) < 4.78 is 27.9. The number of carbonyl (C=O) groups excluding carboxylic acids is 1. The maximum atomic E-state index is 12.8. The quantitative estimate of drug-likeness (QED) is 0.719. The largest absolute Gasteiger partial charge is 0.353 e. The average Bonchev–Trinajstić information content (AvgIpc) is 2.70. The van der Waals surface area contributed by atoms with E-state index in [0.717, 1.165) is 30.3 Å². The van der Waals surface area contributed by atoms with Gasteiger partial charge in [-0.2, -0.15) is 0 Å². The van der Waals surface area contributed by atoms with Crippen molar-refractivity contribution in [2.45, 2.75) is 62.3 Å². The normalized spacial score (nSPS) is 16.2. The second-order valence-electron chi connectivity index (χ2n) is 8.06. The molecule has 164 valence electrons. The van der Waals surface area contributed by atoms with E-state index in [-0.39, 0.29) is 29.0 Å². The Bertz CT molecular complexity index is 1160. The molecule has 8 nitrogen and oxygen atoms in total. The van der Waals surface area contributed by atoms with Crippen LogP contribution in [-0.4, -0.2) is 35.3 Å². The number of amides is 1. The number of nitrogens with zero attached hydrogens (tertiary/aromatic N) is 2. The van der Waals surface area contributed by atoms with Crippen LogP contribution in [0.3, 0.4) is 0 Å². The molecular formula is C21H29N3O5S. The molecule has 0 atom stereocenters. The molecule has 0 spiro atoms. The van der Waals surface area contributed by atoms with Crippen LogP contribution in [-0.2, 0) is 28.7 Å². The number of sulfone groups is 1. The fourth-order valence-corrected chi connectivity index (χ4v) is 5.26. The first kappa shape index (κ1) is 22.3. The minimum absolute atomic E-state index is 0.0300. The molecule has 1 aliphatic rings. The Balaban J connectivity index is 1.73. The van der Waals surface area contributed by atoms with Crippen molar-refractivity contribution in [1.82, 2.24) is 14.5 Å². The van der Waals surface area contributed by atoms with Crippen molar-refractivity contribution in [3.63, 3.8) is 0 Å². The summed E-state index contributed by atoms with van der Waals surface area (Å²) in [5, 5.41) is 2.98. The fourth-order valence-electron chi connectivity index (χ4n) is 4.00. The number of rotatable bonds is 5. The molecule has 1 fully saturated rings. The van der Waals surface area contributed by atoms with Crippen LogP contribution in [0.1, 0.15) is 51.4 Å². The SMILES string of the molecule is Cn1c(=O)c(=O)n(C)c2cc(S(=O)(=O)CCC(=O)NC3CCCCCCC3)ccc21. The fraction of sp³-hybridized carbons (Fsp3) is 0.571. The number of hydrogen-bond acceptors (Lipinski definition) is 5. The number of benzene rings is 1. The molecule has 1 aromatic carbocycles. The molecule has 1 saturated carbocycles. The van der Waals surface area contributed by atoms with Gasteiger partial charge in [-0.15, -0.1) is 0 Å². The Labute approximate surface area is 175 Å². The van der Waals surface area contributed by atoms with Gasteiger partial charge in [-0.1, -0.05) is 32.1 Å². The highest BCUT2D eigenvalue weighted by Crippen LogP contribution is 2.19. The van der Waals surface area contributed by atoms with Crippen molar-refractivity contribution in [2.75, 3.05) is 5.75 Å². The molecule has 9 heteroatoms. The second kappa shape index (κ2) is 9.16. The lowest BCUT2D eigenvalue weighted by molar-refractivity contribution is -0.121. The summed E-state index contributed by atoms with van der Waals surface area (Å²) in [6, 6.07) is 4.43. The van der Waals surface area contributed by atoms with Gasteiger partial charge in [-0.25, -0.2) is 8.42 Å². The van der Waals surface area contributed by atoms with Crippen molar-refractivity contribution < 1.29 is 13.2 Å². The molecule has 2 aromatic rings. The monoisotopic (exact) mass is 435 g/mol. The lowest BCUT2D eigenvalue weighted by Gasteiger charge is -2.21. The zero-order chi connectivity index (χ0) is 21.9. The van der Waals surface area contributed by atoms with E-state index in [1.807, 2.05) is 0 Å². The average molecular weight is 436 g/mol. The van der Waals surface area contributed by atoms with Crippen molar-refractivity contribution in [1.29, 1.82) is 0 Å². The van der Waals surface area contributed by atoms with Gasteiger partial charge in [0.25, 0.3) is 0 Å². The topological polar surface area (TPSA) is 107 Å². The minimum Gasteiger partial charge on any atom is -0.353 e. The highest BCUT2D eigenvalue weighted by atomic mass is 32.2. The number of aryl methyl sites for hydroxylation is 2. The standard InChI is InChI=1S/C21H29N3O5S/c1-23-17-11-10-16(14-18(17)24(2)21(27)20(23)26)30(28,29)13-12-19(25)22-15-8-6-4-3-5-7-9-15/h10-11,14-15H,3-9,12-13H2,1-2H3,(H,22,25). The Kier molecular flexibility index (Phi) is 6.80. The van der Waals surface area contributed by atoms with Gasteiger partial charge >= 0.3 is 11.1 Å². The Morgan fingerprint density at radius 3 is 2.17 bits per heavy atom. The third-order valence-electron chi connectivity index (χ3n) is 5.89. The maximum Gasteiger partial charge on any atom is 0.316 e. The number of aromatic nitrogens is 2. The van der Waals surface area contributed by atoms with Crippen LogP contribution in [0.2, 0.25) is 0 Å². The highest BCUT2D eigenvalue weighted by Gasteiger charge is 2.20. The third kappa shape index (κ3) is 4.83. The van der Waals surface area contributed by atoms with E-state index in [9.17, 15) is 22.8 Å². The van der Waals surface area contributed by atoms with E-state index in [2.05, 4.69) is 5.32 Å². The van der Waals surface area contributed by atoms with E-state index in [4.69, 9.17) is 0 Å². The van der Waals surface area contributed by atoms with Gasteiger partial charge in [0, 0.05) is 26.6 Å². The summed E-state index contributed by atoms with van der Waals surface area (Å²) >= 11 is 0. The maximum absolute atomic E-state index is 12.8. The predicted molar refractivity (Wildman–Crippen MR) is 115 cm³/mol. The smallest absolute Gasteiger partial charge is 0.316 e. The van der Waals surface area contributed by atoms with Gasteiger partial charge in [0.1, 0.15) is 0 Å². The minimum atomic E-state index is -3.72. The van der Waals surface area contributed by atoms with Gasteiger partial charge in [0.15, 0.2) is 9.84 Å². The van der Waals surface area contributed by atoms with Crippen LogP contribution in [0.25, 0.3) is 11.0 Å². The molecule has 0 unspecified atom stereocenters. The third-order valence-corrected chi connectivity index (χ3v) is 7.60. The summed E-state index contributed by atoms with van der Waals surface area (Å²) in [5.41, 5.74) is -0.588. The molecule has 1 aliphatic carbocycles. The molecular weight excluding hydrogens is 406 g/mol. The van der Waals surface area contributed by atoms with Crippen molar-refractivity contribution in [2.24, 2.45) is 14.1 Å². The summed E-state index contributed by atoms with van der Waals surface area (Å²) in [6.07, 6.45) is 7.54. The number of fused-ring (bicyclic) bond motifs is 1. The Morgan fingerprint density at radius 2 is 1.53 bits per heavy atom. The second-order valence-corrected chi connectivity index (χ2v) is 10.2. The summed E-state index contributed by atoms with van der Waals surface area (Å²) in [4.78, 5) is 36.3. The van der Waals surface area contributed by atoms with Crippen LogP contribution in [0.15, 0.2) is 32.7 Å². The number of carbonyl (C=O) groups is 1. The first-order valence-corrected chi connectivity index (χ1v) is 12.1. The van der Waals surface area contributed by atoms with Crippen LogP contribution >= 0.6 is 0 Å². The molecule has 0 bridgehead atoms. The van der Waals surface area contributed by atoms with E-state index >= 15 is 0 Å². The molecule has 1 aromatic heterocycles. The summed E-state index contributed by atoms with van der Waals surface area (Å²) in [5.74, 6) is -0.559. The highest BCUT2D eigenvalue weighted by molar-refractivity contribution is 7.91. The number of nitrogens with one attached hydrogen (secondary N) is 1. The van der Waals surface area contributed by atoms with Gasteiger partial charge in [0.05, 0.1) is 21.7 Å². The van der Waals surface area contributed by atoms with Crippen molar-refractivity contribution >= 4 is 26.8 Å². The number of hydrogen-bond donors (Lipinski definition) is 1. The van der Waals surface area contributed by atoms with Crippen molar-refractivity contribution in [3.8, 4) is 0 Å². The van der Waals surface area contributed by atoms with Gasteiger partial charge in [0.2, 0.25) is 5.91 Å². The first-order valence-electron chi connectivity index (χ1n) is 10.4. The van der Waals surface area contributed by atoms with E-state index < -0.39 is 21.0 Å². The van der Waals surface area contributed by atoms with Gasteiger partial charge < -0.3 is 14.5 Å². The molecule has 1 heterocycles. The molecule has 1 N–H and O–H groups in total. The molecule has 1 amide bonds. The van der Waals surface area contributed by atoms with E-state index in [0.29, 0.717) is 11.0 Å². The molecule has 0 saturated heterocycles. The summed E-state index contributed by atoms with van der Waals surface area (Å²) in [6.45, 7) is 0. The van der Waals surface area contributed by atoms with Crippen LogP contribution < -0.4 is 16.4 Å². The molecule has 0 radical (unpaired) electrons. The van der Waals surface area contributed by atoms with Crippen LogP contribution in [0.4, 0.5) is 0 Å². The Hall–Kier alpha value is -2.42. The summed E-state index contributed by atoms with van der Waals surface area (Å²) in [7, 11) is -0.809. The van der Waals surface area contributed by atoms with Crippen LogP contribution in [0, 0.1) is 0 Å². The Morgan fingerprint density at radius 1 is 0.967 bits per heavy atom.